The third kappa shape index (κ3) is 2.63. The van der Waals surface area contributed by atoms with Gasteiger partial charge in [-0.2, -0.15) is 10.2 Å². The number of anilines is 2. The number of nitrogens with one attached hydrogen (secondary N) is 3. The van der Waals surface area contributed by atoms with Crippen LogP contribution in [0, 0.1) is 0 Å². The average Bonchev–Trinajstić information content (AvgIpc) is 2.98. The van der Waals surface area contributed by atoms with Crippen molar-refractivity contribution in [3.05, 3.63) is 23.1 Å². The van der Waals surface area contributed by atoms with E-state index in [2.05, 4.69) is 46.5 Å². The molecular weight excluding hydrogens is 268 g/mol. The van der Waals surface area contributed by atoms with Crippen molar-refractivity contribution < 1.29 is 4.79 Å². The maximum Gasteiger partial charge on any atom is 0.279 e. The number of H-pyrrole nitrogens is 2. The first-order valence-electron chi connectivity index (χ1n) is 7.07. The zero-order valence-corrected chi connectivity index (χ0v) is 12.4. The maximum atomic E-state index is 12.2. The lowest BCUT2D eigenvalue weighted by atomic mass is 9.92. The molecule has 0 radical (unpaired) electrons. The summed E-state index contributed by atoms with van der Waals surface area (Å²) < 4.78 is 0. The first-order valence-corrected chi connectivity index (χ1v) is 7.07. The fraction of sp³-hybridized carbons (Fsp3) is 0.500. The molecule has 3 rings (SSSR count). The van der Waals surface area contributed by atoms with Crippen LogP contribution in [0.5, 0.6) is 0 Å². The SMILES string of the molecule is CC(C)(C)c1cc(NC(=O)c2n[nH]c(C3CC3)c2N)n[nH]1. The molecule has 21 heavy (non-hydrogen) atoms. The molecule has 1 amide bonds. The summed E-state index contributed by atoms with van der Waals surface area (Å²) in [5.41, 5.74) is 8.44. The van der Waals surface area contributed by atoms with Gasteiger partial charge in [-0.3, -0.25) is 15.0 Å². The molecule has 112 valence electrons. The van der Waals surface area contributed by atoms with Crippen LogP contribution in [0.15, 0.2) is 6.07 Å². The van der Waals surface area contributed by atoms with Crippen LogP contribution >= 0.6 is 0 Å². The maximum absolute atomic E-state index is 12.2. The Morgan fingerprint density at radius 2 is 2.05 bits per heavy atom. The van der Waals surface area contributed by atoms with Crippen molar-refractivity contribution in [2.75, 3.05) is 11.1 Å². The Bertz CT molecular complexity index is 674. The molecular formula is C14H20N6O. The third-order valence-electron chi connectivity index (χ3n) is 3.66. The lowest BCUT2D eigenvalue weighted by Crippen LogP contribution is -2.14. The predicted octanol–water partition coefficient (Wildman–Crippen LogP) is 2.14. The molecule has 7 heteroatoms. The van der Waals surface area contributed by atoms with Crippen molar-refractivity contribution in [1.29, 1.82) is 0 Å². The highest BCUT2D eigenvalue weighted by Crippen LogP contribution is 2.42. The molecule has 1 fully saturated rings. The number of amides is 1. The van der Waals surface area contributed by atoms with Crippen molar-refractivity contribution >= 4 is 17.4 Å². The molecule has 2 aromatic heterocycles. The van der Waals surface area contributed by atoms with Crippen LogP contribution < -0.4 is 11.1 Å². The summed E-state index contributed by atoms with van der Waals surface area (Å²) in [5, 5.41) is 16.6. The number of hydrogen-bond donors (Lipinski definition) is 4. The highest BCUT2D eigenvalue weighted by Gasteiger charge is 2.30. The quantitative estimate of drug-likeness (QED) is 0.693. The van der Waals surface area contributed by atoms with E-state index in [4.69, 9.17) is 5.73 Å². The Balaban J connectivity index is 1.75. The number of aromatic amines is 2. The molecule has 0 aliphatic heterocycles. The van der Waals surface area contributed by atoms with Crippen molar-refractivity contribution in [3.8, 4) is 0 Å². The van der Waals surface area contributed by atoms with Crippen LogP contribution in [0.2, 0.25) is 0 Å². The Morgan fingerprint density at radius 1 is 1.33 bits per heavy atom. The van der Waals surface area contributed by atoms with Gasteiger partial charge in [0.05, 0.1) is 11.4 Å². The minimum atomic E-state index is -0.345. The van der Waals surface area contributed by atoms with Crippen LogP contribution in [-0.2, 0) is 5.41 Å². The molecule has 7 nitrogen and oxygen atoms in total. The topological polar surface area (TPSA) is 112 Å². The summed E-state index contributed by atoms with van der Waals surface area (Å²) in [4.78, 5) is 12.2. The monoisotopic (exact) mass is 288 g/mol. The first-order chi connectivity index (χ1) is 9.86. The second-order valence-electron chi connectivity index (χ2n) is 6.54. The summed E-state index contributed by atoms with van der Waals surface area (Å²) >= 11 is 0. The standard InChI is InChI=1S/C14H20N6O/c1-14(2,3)8-6-9(18-17-8)16-13(21)12-10(15)11(19-20-12)7-4-5-7/h6-7H,4-5,15H2,1-3H3,(H,19,20)(H2,16,17,18,21). The van der Waals surface area contributed by atoms with E-state index in [1.165, 1.54) is 0 Å². The number of nitrogens with two attached hydrogens (primary N) is 1. The molecule has 0 unspecified atom stereocenters. The van der Waals surface area contributed by atoms with Gasteiger partial charge in [-0.25, -0.2) is 0 Å². The van der Waals surface area contributed by atoms with Crippen molar-refractivity contribution in [3.63, 3.8) is 0 Å². The Morgan fingerprint density at radius 3 is 2.62 bits per heavy atom. The summed E-state index contributed by atoms with van der Waals surface area (Å²) in [7, 11) is 0. The van der Waals surface area contributed by atoms with Crippen LogP contribution in [0.4, 0.5) is 11.5 Å². The first kappa shape index (κ1) is 13.7. The van der Waals surface area contributed by atoms with Crippen LogP contribution in [-0.4, -0.2) is 26.3 Å². The molecule has 5 N–H and O–H groups in total. The van der Waals surface area contributed by atoms with E-state index in [1.807, 2.05) is 6.07 Å². The Hall–Kier alpha value is -2.31. The van der Waals surface area contributed by atoms with E-state index in [0.717, 1.165) is 24.2 Å². The minimum Gasteiger partial charge on any atom is -0.395 e. The molecule has 1 saturated carbocycles. The number of rotatable bonds is 3. The predicted molar refractivity (Wildman–Crippen MR) is 80.2 cm³/mol. The number of carbonyl (C=O) groups is 1. The largest absolute Gasteiger partial charge is 0.395 e. The zero-order chi connectivity index (χ0) is 15.2. The lowest BCUT2D eigenvalue weighted by molar-refractivity contribution is 0.102. The Kier molecular flexibility index (Phi) is 3.00. The van der Waals surface area contributed by atoms with Gasteiger partial charge in [0.1, 0.15) is 0 Å². The minimum absolute atomic E-state index is 0.0551. The molecule has 0 bridgehead atoms. The highest BCUT2D eigenvalue weighted by molar-refractivity contribution is 6.06. The van der Waals surface area contributed by atoms with E-state index in [-0.39, 0.29) is 17.0 Å². The van der Waals surface area contributed by atoms with Crippen molar-refractivity contribution in [2.45, 2.75) is 44.9 Å². The molecule has 0 aromatic carbocycles. The van der Waals surface area contributed by atoms with E-state index in [1.54, 1.807) is 0 Å². The van der Waals surface area contributed by atoms with Crippen LogP contribution in [0.25, 0.3) is 0 Å². The second kappa shape index (κ2) is 4.61. The number of carbonyl (C=O) groups excluding carboxylic acids is 1. The van der Waals surface area contributed by atoms with E-state index < -0.39 is 0 Å². The summed E-state index contributed by atoms with van der Waals surface area (Å²) in [6, 6.07) is 1.82. The number of nitrogens with zero attached hydrogens (tertiary/aromatic N) is 2. The zero-order valence-electron chi connectivity index (χ0n) is 12.4. The van der Waals surface area contributed by atoms with Crippen LogP contribution in [0.1, 0.15) is 61.4 Å². The summed E-state index contributed by atoms with van der Waals surface area (Å²) in [5.74, 6) is 0.555. The average molecular weight is 288 g/mol. The smallest absolute Gasteiger partial charge is 0.279 e. The number of hydrogen-bond acceptors (Lipinski definition) is 4. The molecule has 2 aromatic rings. The lowest BCUT2D eigenvalue weighted by Gasteiger charge is -2.14. The molecule has 0 saturated heterocycles. The van der Waals surface area contributed by atoms with Gasteiger partial charge in [0, 0.05) is 23.1 Å². The molecule has 0 atom stereocenters. The number of nitrogen functional groups attached to an aromatic ring is 1. The van der Waals surface area contributed by atoms with Crippen LogP contribution in [0.3, 0.4) is 0 Å². The molecule has 1 aliphatic rings. The van der Waals surface area contributed by atoms with Crippen molar-refractivity contribution in [1.82, 2.24) is 20.4 Å². The molecule has 1 aliphatic carbocycles. The molecule has 0 spiro atoms. The van der Waals surface area contributed by atoms with Crippen molar-refractivity contribution in [2.24, 2.45) is 0 Å². The van der Waals surface area contributed by atoms with Gasteiger partial charge >= 0.3 is 0 Å². The van der Waals surface area contributed by atoms with Gasteiger partial charge in [0.2, 0.25) is 0 Å². The van der Waals surface area contributed by atoms with E-state index in [0.29, 0.717) is 17.4 Å². The van der Waals surface area contributed by atoms with Gasteiger partial charge in [0.15, 0.2) is 11.5 Å². The van der Waals surface area contributed by atoms with Gasteiger partial charge in [-0.1, -0.05) is 20.8 Å². The van der Waals surface area contributed by atoms with E-state index >= 15 is 0 Å². The van der Waals surface area contributed by atoms with Gasteiger partial charge in [0.25, 0.3) is 5.91 Å². The normalized spacial score (nSPS) is 15.2. The van der Waals surface area contributed by atoms with Gasteiger partial charge in [-0.15, -0.1) is 0 Å². The summed E-state index contributed by atoms with van der Waals surface area (Å²) in [6.45, 7) is 6.21. The Labute approximate surface area is 122 Å². The summed E-state index contributed by atoms with van der Waals surface area (Å²) in [6.07, 6.45) is 2.20. The second-order valence-corrected chi connectivity index (χ2v) is 6.54. The fourth-order valence-corrected chi connectivity index (χ4v) is 2.17. The third-order valence-corrected chi connectivity index (χ3v) is 3.66. The fourth-order valence-electron chi connectivity index (χ4n) is 2.17. The van der Waals surface area contributed by atoms with E-state index in [9.17, 15) is 4.79 Å². The highest BCUT2D eigenvalue weighted by atomic mass is 16.2. The molecule has 2 heterocycles. The van der Waals surface area contributed by atoms with Gasteiger partial charge in [-0.05, 0) is 12.8 Å². The van der Waals surface area contributed by atoms with Gasteiger partial charge < -0.3 is 11.1 Å². The number of aromatic nitrogens is 4.